The maximum atomic E-state index is 13.9. The number of ether oxygens (including phenoxy) is 1. The van der Waals surface area contributed by atoms with Crippen LogP contribution in [0.1, 0.15) is 65.9 Å². The average Bonchev–Trinajstić information content (AvgIpc) is 3.79. The van der Waals surface area contributed by atoms with Gasteiger partial charge in [0, 0.05) is 36.3 Å². The fraction of sp³-hybridized carbons (Fsp3) is 0.432. The van der Waals surface area contributed by atoms with Gasteiger partial charge in [-0.05, 0) is 36.3 Å². The summed E-state index contributed by atoms with van der Waals surface area (Å²) >= 11 is 2.95. The number of aromatic nitrogens is 2. The summed E-state index contributed by atoms with van der Waals surface area (Å²) in [7, 11) is 1.69. The van der Waals surface area contributed by atoms with Crippen molar-refractivity contribution in [1.82, 2.24) is 30.8 Å². The number of aliphatic hydroxyl groups excluding tert-OH is 1. The van der Waals surface area contributed by atoms with E-state index in [2.05, 4.69) is 39.8 Å². The lowest BCUT2D eigenvalue weighted by molar-refractivity contribution is -0.124. The lowest BCUT2D eigenvalue weighted by Crippen LogP contribution is -2.55. The highest BCUT2D eigenvalue weighted by Crippen LogP contribution is 2.22. The van der Waals surface area contributed by atoms with Gasteiger partial charge in [-0.2, -0.15) is 0 Å². The molecule has 268 valence electrons. The van der Waals surface area contributed by atoms with Crippen molar-refractivity contribution in [2.45, 2.75) is 90.3 Å². The normalized spacial score (nSPS) is 13.7. The largest absolute Gasteiger partial charge is 0.444 e. The number of benzene rings is 2. The van der Waals surface area contributed by atoms with Crippen LogP contribution in [0, 0.1) is 5.92 Å². The van der Waals surface area contributed by atoms with E-state index in [-0.39, 0.29) is 30.9 Å². The fourth-order valence-corrected chi connectivity index (χ4v) is 6.86. The van der Waals surface area contributed by atoms with Gasteiger partial charge in [-0.15, -0.1) is 22.7 Å². The van der Waals surface area contributed by atoms with Crippen molar-refractivity contribution < 1.29 is 24.2 Å². The van der Waals surface area contributed by atoms with E-state index in [1.54, 1.807) is 41.2 Å². The highest BCUT2D eigenvalue weighted by atomic mass is 32.1. The first-order valence-corrected chi connectivity index (χ1v) is 18.5. The van der Waals surface area contributed by atoms with Crippen LogP contribution in [0.25, 0.3) is 0 Å². The van der Waals surface area contributed by atoms with Gasteiger partial charge in [0.05, 0.1) is 34.1 Å². The zero-order valence-corrected chi connectivity index (χ0v) is 30.9. The van der Waals surface area contributed by atoms with E-state index in [0.29, 0.717) is 25.3 Å². The number of amides is 4. The van der Waals surface area contributed by atoms with Gasteiger partial charge in [0.1, 0.15) is 12.6 Å². The standard InChI is InChI=1S/C37H48N6O5S2/c1-24(2)33(42-36(46)43(5)21-29-20-39-35(50-29)25(3)4)34(45)40-28(16-26-12-8-6-9-13-26)18-32(44)31(17-27-14-10-7-11-15-27)41-37(47)48-22-30-19-38-23-49-30/h6-15,19-20,23-25,28,31-33,44H,16-18,21-22H2,1-5H3,(H,40,45)(H,41,47)(H,42,46)/t28-,31-,32-,33-/m0/s1. The maximum absolute atomic E-state index is 13.9. The number of aliphatic hydroxyl groups is 1. The first-order chi connectivity index (χ1) is 24.0. The van der Waals surface area contributed by atoms with Crippen molar-refractivity contribution in [3.63, 3.8) is 0 Å². The molecule has 4 rings (SSSR count). The first-order valence-electron chi connectivity index (χ1n) is 16.8. The summed E-state index contributed by atoms with van der Waals surface area (Å²) in [5.41, 5.74) is 3.56. The van der Waals surface area contributed by atoms with E-state index in [4.69, 9.17) is 4.74 Å². The van der Waals surface area contributed by atoms with E-state index in [9.17, 15) is 19.5 Å². The molecular weight excluding hydrogens is 673 g/mol. The van der Waals surface area contributed by atoms with E-state index in [1.807, 2.05) is 74.5 Å². The molecule has 0 unspecified atom stereocenters. The van der Waals surface area contributed by atoms with Gasteiger partial charge in [-0.1, -0.05) is 88.4 Å². The lowest BCUT2D eigenvalue weighted by Gasteiger charge is -2.30. The monoisotopic (exact) mass is 720 g/mol. The van der Waals surface area contributed by atoms with Crippen LogP contribution < -0.4 is 16.0 Å². The highest BCUT2D eigenvalue weighted by molar-refractivity contribution is 7.11. The molecule has 2 heterocycles. The lowest BCUT2D eigenvalue weighted by atomic mass is 9.93. The van der Waals surface area contributed by atoms with Crippen LogP contribution in [0.3, 0.4) is 0 Å². The van der Waals surface area contributed by atoms with E-state index < -0.39 is 30.3 Å². The molecule has 4 amide bonds. The number of rotatable bonds is 17. The second-order valence-electron chi connectivity index (χ2n) is 13.0. The van der Waals surface area contributed by atoms with Crippen LogP contribution >= 0.6 is 22.7 Å². The zero-order valence-electron chi connectivity index (χ0n) is 29.2. The molecule has 0 saturated carbocycles. The summed E-state index contributed by atoms with van der Waals surface area (Å²) in [4.78, 5) is 51.8. The average molecular weight is 721 g/mol. The molecule has 4 N–H and O–H groups in total. The number of hydrogen-bond donors (Lipinski definition) is 4. The molecule has 0 bridgehead atoms. The van der Waals surface area contributed by atoms with Crippen LogP contribution in [0.15, 0.2) is 78.6 Å². The Bertz CT molecular complexity index is 1620. The smallest absolute Gasteiger partial charge is 0.407 e. The van der Waals surface area contributed by atoms with Gasteiger partial charge in [0.2, 0.25) is 5.91 Å². The van der Waals surface area contributed by atoms with Crippen LogP contribution in [0.5, 0.6) is 0 Å². The van der Waals surface area contributed by atoms with Crippen LogP contribution in [-0.2, 0) is 35.5 Å². The Hall–Kier alpha value is -4.33. The molecule has 0 radical (unpaired) electrons. The molecule has 0 fully saturated rings. The Morgan fingerprint density at radius 3 is 2.12 bits per heavy atom. The van der Waals surface area contributed by atoms with Gasteiger partial charge in [-0.25, -0.2) is 14.6 Å². The topological polar surface area (TPSA) is 146 Å². The van der Waals surface area contributed by atoms with Crippen molar-refractivity contribution in [3.8, 4) is 0 Å². The van der Waals surface area contributed by atoms with Crippen LogP contribution in [-0.4, -0.2) is 69.3 Å². The number of thiazole rings is 2. The molecule has 0 aliphatic carbocycles. The van der Waals surface area contributed by atoms with Crippen molar-refractivity contribution in [1.29, 1.82) is 0 Å². The number of hydrogen-bond acceptors (Lipinski definition) is 9. The third-order valence-corrected chi connectivity index (χ3v) is 10.2. The van der Waals surface area contributed by atoms with Crippen molar-refractivity contribution in [2.24, 2.45) is 5.92 Å². The molecule has 2 aromatic carbocycles. The van der Waals surface area contributed by atoms with Gasteiger partial charge in [0.15, 0.2) is 0 Å². The number of carbonyl (C=O) groups is 3. The minimum atomic E-state index is -1.05. The van der Waals surface area contributed by atoms with Crippen LogP contribution in [0.4, 0.5) is 9.59 Å². The maximum Gasteiger partial charge on any atom is 0.407 e. The molecule has 13 heteroatoms. The molecule has 4 aromatic rings. The molecule has 50 heavy (non-hydrogen) atoms. The van der Waals surface area contributed by atoms with Gasteiger partial charge in [0.25, 0.3) is 0 Å². The summed E-state index contributed by atoms with van der Waals surface area (Å²) in [6.45, 7) is 8.34. The van der Waals surface area contributed by atoms with Gasteiger partial charge in [-0.3, -0.25) is 9.78 Å². The minimum absolute atomic E-state index is 0.0675. The Morgan fingerprint density at radius 2 is 1.54 bits per heavy atom. The molecule has 0 saturated heterocycles. The third-order valence-electron chi connectivity index (χ3n) is 8.13. The number of nitrogens with zero attached hydrogens (tertiary/aromatic N) is 3. The third kappa shape index (κ3) is 12.2. The molecule has 4 atom stereocenters. The molecule has 0 aliphatic rings. The van der Waals surface area contributed by atoms with Crippen molar-refractivity contribution >= 4 is 40.7 Å². The molecule has 0 aliphatic heterocycles. The fourth-order valence-electron chi connectivity index (χ4n) is 5.38. The predicted octanol–water partition coefficient (Wildman–Crippen LogP) is 5.91. The molecule has 0 spiro atoms. The first kappa shape index (κ1) is 38.5. The molecule has 2 aromatic heterocycles. The van der Waals surface area contributed by atoms with Gasteiger partial charge < -0.3 is 30.7 Å². The SMILES string of the molecule is CC(C)c1ncc(CN(C)C(=O)N[C@H](C(=O)N[C@@H](Cc2ccccc2)C[C@H](O)[C@H](Cc2ccccc2)NC(=O)OCc2cncs2)C(C)C)s1. The molecule has 11 nitrogen and oxygen atoms in total. The number of carbonyl (C=O) groups excluding carboxylic acids is 3. The Kier molecular flexibility index (Phi) is 14.7. The summed E-state index contributed by atoms with van der Waals surface area (Å²) in [6, 6.07) is 16.8. The van der Waals surface area contributed by atoms with E-state index >= 15 is 0 Å². The zero-order chi connectivity index (χ0) is 36.0. The second kappa shape index (κ2) is 19.2. The second-order valence-corrected chi connectivity index (χ2v) is 15.1. The minimum Gasteiger partial charge on any atom is -0.444 e. The summed E-state index contributed by atoms with van der Waals surface area (Å²) < 4.78 is 5.43. The Labute approximate surface area is 302 Å². The summed E-state index contributed by atoms with van der Waals surface area (Å²) in [6.07, 6.45) is 2.63. The number of urea groups is 1. The van der Waals surface area contributed by atoms with E-state index in [0.717, 1.165) is 25.9 Å². The molecular formula is C37H48N6O5S2. The highest BCUT2D eigenvalue weighted by Gasteiger charge is 2.31. The number of nitrogens with one attached hydrogen (secondary N) is 3. The summed E-state index contributed by atoms with van der Waals surface area (Å²) in [5.74, 6) is -0.269. The van der Waals surface area contributed by atoms with E-state index in [1.165, 1.54) is 11.3 Å². The summed E-state index contributed by atoms with van der Waals surface area (Å²) in [5, 5.41) is 21.6. The van der Waals surface area contributed by atoms with Gasteiger partial charge >= 0.3 is 12.1 Å². The van der Waals surface area contributed by atoms with Crippen molar-refractivity contribution in [3.05, 3.63) is 104 Å². The Balaban J connectivity index is 1.46. The van der Waals surface area contributed by atoms with Crippen molar-refractivity contribution in [2.75, 3.05) is 7.05 Å². The Morgan fingerprint density at radius 1 is 0.880 bits per heavy atom. The number of alkyl carbamates (subject to hydrolysis) is 1. The predicted molar refractivity (Wildman–Crippen MR) is 197 cm³/mol. The van der Waals surface area contributed by atoms with Crippen LogP contribution in [0.2, 0.25) is 0 Å². The quantitative estimate of drug-likeness (QED) is 0.106.